The third kappa shape index (κ3) is 3.99. The molecule has 2 N–H and O–H groups in total. The Balaban J connectivity index is 2.09. The van der Waals surface area contributed by atoms with Gasteiger partial charge < -0.3 is 10.5 Å². The Kier molecular flexibility index (Phi) is 4.41. The van der Waals surface area contributed by atoms with Gasteiger partial charge in [0.05, 0.1) is 7.11 Å². The number of pyridine rings is 1. The van der Waals surface area contributed by atoms with Crippen LogP contribution in [0.3, 0.4) is 0 Å². The van der Waals surface area contributed by atoms with Gasteiger partial charge in [-0.1, -0.05) is 6.07 Å². The molecule has 0 saturated heterocycles. The lowest BCUT2D eigenvalue weighted by atomic mass is 10.1. The van der Waals surface area contributed by atoms with Crippen LogP contribution in [-0.2, 0) is 12.8 Å². The van der Waals surface area contributed by atoms with Crippen LogP contribution < -0.4 is 10.5 Å². The average Bonchev–Trinajstić information content (AvgIpc) is 2.39. The first-order chi connectivity index (χ1) is 9.17. The van der Waals surface area contributed by atoms with Crippen molar-refractivity contribution >= 4 is 0 Å². The van der Waals surface area contributed by atoms with Crippen LogP contribution >= 0.6 is 0 Å². The van der Waals surface area contributed by atoms with Crippen molar-refractivity contribution in [3.8, 4) is 5.88 Å². The van der Waals surface area contributed by atoms with Gasteiger partial charge in [-0.3, -0.25) is 0 Å². The number of ether oxygens (including phenoxy) is 1. The van der Waals surface area contributed by atoms with Crippen molar-refractivity contribution in [3.05, 3.63) is 47.7 Å². The molecule has 0 amide bonds. The van der Waals surface area contributed by atoms with Crippen LogP contribution in [0.2, 0.25) is 0 Å². The summed E-state index contributed by atoms with van der Waals surface area (Å²) in [5.74, 6) is 1.39. The smallest absolute Gasteiger partial charge is 0.212 e. The third-order valence-electron chi connectivity index (χ3n) is 2.66. The van der Waals surface area contributed by atoms with Gasteiger partial charge in [-0.25, -0.2) is 15.0 Å². The van der Waals surface area contributed by atoms with E-state index in [1.54, 1.807) is 19.5 Å². The first-order valence-electron chi connectivity index (χ1n) is 6.22. The number of nitrogens with two attached hydrogens (primary N) is 1. The highest BCUT2D eigenvalue weighted by atomic mass is 16.5. The SMILES string of the molecule is COc1ccc(Cc2nccc(CC(C)N)n2)cn1. The summed E-state index contributed by atoms with van der Waals surface area (Å²) >= 11 is 0. The molecule has 0 spiro atoms. The first-order valence-corrected chi connectivity index (χ1v) is 6.22. The molecule has 100 valence electrons. The molecule has 1 unspecified atom stereocenters. The molecule has 2 heterocycles. The van der Waals surface area contributed by atoms with E-state index in [4.69, 9.17) is 10.5 Å². The summed E-state index contributed by atoms with van der Waals surface area (Å²) in [7, 11) is 1.60. The Bertz CT molecular complexity index is 525. The van der Waals surface area contributed by atoms with Gasteiger partial charge in [0, 0.05) is 43.0 Å². The fourth-order valence-corrected chi connectivity index (χ4v) is 1.79. The second kappa shape index (κ2) is 6.24. The van der Waals surface area contributed by atoms with Gasteiger partial charge in [0.25, 0.3) is 0 Å². The topological polar surface area (TPSA) is 73.9 Å². The molecule has 2 aromatic rings. The largest absolute Gasteiger partial charge is 0.481 e. The average molecular weight is 258 g/mol. The van der Waals surface area contributed by atoms with E-state index in [-0.39, 0.29) is 6.04 Å². The Hall–Kier alpha value is -2.01. The second-order valence-electron chi connectivity index (χ2n) is 4.53. The highest BCUT2D eigenvalue weighted by Crippen LogP contribution is 2.10. The van der Waals surface area contributed by atoms with E-state index in [1.165, 1.54) is 0 Å². The molecule has 0 fully saturated rings. The van der Waals surface area contributed by atoms with Crippen molar-refractivity contribution in [2.75, 3.05) is 7.11 Å². The van der Waals surface area contributed by atoms with Crippen molar-refractivity contribution in [2.24, 2.45) is 5.73 Å². The Morgan fingerprint density at radius 1 is 1.26 bits per heavy atom. The molecule has 5 nitrogen and oxygen atoms in total. The highest BCUT2D eigenvalue weighted by molar-refractivity contribution is 5.21. The molecular formula is C14H18N4O. The number of nitrogens with zero attached hydrogens (tertiary/aromatic N) is 3. The zero-order valence-corrected chi connectivity index (χ0v) is 11.2. The molecule has 2 rings (SSSR count). The summed E-state index contributed by atoms with van der Waals surface area (Å²) in [4.78, 5) is 12.9. The summed E-state index contributed by atoms with van der Waals surface area (Å²) in [6.07, 6.45) is 4.97. The number of hydrogen-bond acceptors (Lipinski definition) is 5. The van der Waals surface area contributed by atoms with Crippen molar-refractivity contribution in [3.63, 3.8) is 0 Å². The lowest BCUT2D eigenvalue weighted by molar-refractivity contribution is 0.397. The van der Waals surface area contributed by atoms with Crippen molar-refractivity contribution in [2.45, 2.75) is 25.8 Å². The van der Waals surface area contributed by atoms with Gasteiger partial charge >= 0.3 is 0 Å². The second-order valence-corrected chi connectivity index (χ2v) is 4.53. The number of hydrogen-bond donors (Lipinski definition) is 1. The molecule has 0 saturated carbocycles. The van der Waals surface area contributed by atoms with Gasteiger partial charge in [0.1, 0.15) is 5.82 Å². The van der Waals surface area contributed by atoms with E-state index in [0.29, 0.717) is 12.3 Å². The molecule has 1 atom stereocenters. The molecule has 0 bridgehead atoms. The van der Waals surface area contributed by atoms with Crippen LogP contribution in [-0.4, -0.2) is 28.1 Å². The molecule has 0 aromatic carbocycles. The van der Waals surface area contributed by atoms with E-state index in [0.717, 1.165) is 23.5 Å². The number of methoxy groups -OCH3 is 1. The van der Waals surface area contributed by atoms with Crippen LogP contribution in [0.5, 0.6) is 5.88 Å². The maximum Gasteiger partial charge on any atom is 0.212 e. The standard InChI is InChI=1S/C14H18N4O/c1-10(15)7-12-5-6-16-13(18-12)8-11-3-4-14(19-2)17-9-11/h3-6,9-10H,7-8,15H2,1-2H3. The third-order valence-corrected chi connectivity index (χ3v) is 2.66. The maximum absolute atomic E-state index is 5.77. The van der Waals surface area contributed by atoms with Gasteiger partial charge in [0.15, 0.2) is 0 Å². The van der Waals surface area contributed by atoms with Gasteiger partial charge in [0.2, 0.25) is 5.88 Å². The Morgan fingerprint density at radius 2 is 2.11 bits per heavy atom. The maximum atomic E-state index is 5.77. The van der Waals surface area contributed by atoms with Crippen molar-refractivity contribution < 1.29 is 4.74 Å². The van der Waals surface area contributed by atoms with E-state index in [9.17, 15) is 0 Å². The first kappa shape index (κ1) is 13.4. The van der Waals surface area contributed by atoms with Gasteiger partial charge in [-0.15, -0.1) is 0 Å². The molecule has 2 aromatic heterocycles. The van der Waals surface area contributed by atoms with E-state index < -0.39 is 0 Å². The summed E-state index contributed by atoms with van der Waals surface area (Å²) in [5.41, 5.74) is 7.80. The quantitative estimate of drug-likeness (QED) is 0.876. The molecule has 0 aliphatic carbocycles. The normalized spacial score (nSPS) is 12.2. The molecule has 0 aliphatic heterocycles. The predicted molar refractivity (Wildman–Crippen MR) is 73.0 cm³/mol. The minimum Gasteiger partial charge on any atom is -0.481 e. The molecule has 0 aliphatic rings. The Morgan fingerprint density at radius 3 is 2.74 bits per heavy atom. The lowest BCUT2D eigenvalue weighted by Crippen LogP contribution is -2.19. The molecule has 5 heteroatoms. The Labute approximate surface area is 112 Å². The van der Waals surface area contributed by atoms with E-state index >= 15 is 0 Å². The lowest BCUT2D eigenvalue weighted by Gasteiger charge is -2.06. The van der Waals surface area contributed by atoms with Crippen molar-refractivity contribution in [1.29, 1.82) is 0 Å². The summed E-state index contributed by atoms with van der Waals surface area (Å²) in [6.45, 7) is 1.97. The van der Waals surface area contributed by atoms with Crippen LogP contribution in [0.1, 0.15) is 24.0 Å². The van der Waals surface area contributed by atoms with Crippen LogP contribution in [0.15, 0.2) is 30.6 Å². The van der Waals surface area contributed by atoms with E-state index in [1.807, 2.05) is 25.1 Å². The van der Waals surface area contributed by atoms with Crippen molar-refractivity contribution in [1.82, 2.24) is 15.0 Å². The summed E-state index contributed by atoms with van der Waals surface area (Å²) in [5, 5.41) is 0. The molecule has 19 heavy (non-hydrogen) atoms. The van der Waals surface area contributed by atoms with Crippen LogP contribution in [0.25, 0.3) is 0 Å². The van der Waals surface area contributed by atoms with Crippen LogP contribution in [0.4, 0.5) is 0 Å². The zero-order chi connectivity index (χ0) is 13.7. The fraction of sp³-hybridized carbons (Fsp3) is 0.357. The summed E-state index contributed by atoms with van der Waals surface area (Å²) in [6, 6.07) is 5.80. The van der Waals surface area contributed by atoms with Gasteiger partial charge in [-0.2, -0.15) is 0 Å². The predicted octanol–water partition coefficient (Wildman–Crippen LogP) is 1.36. The number of aromatic nitrogens is 3. The van der Waals surface area contributed by atoms with Gasteiger partial charge in [-0.05, 0) is 18.6 Å². The fourth-order valence-electron chi connectivity index (χ4n) is 1.79. The number of rotatable bonds is 5. The summed E-state index contributed by atoms with van der Waals surface area (Å²) < 4.78 is 5.03. The molecular weight excluding hydrogens is 240 g/mol. The van der Waals surface area contributed by atoms with E-state index in [2.05, 4.69) is 15.0 Å². The molecule has 0 radical (unpaired) electrons. The zero-order valence-electron chi connectivity index (χ0n) is 11.2. The monoisotopic (exact) mass is 258 g/mol. The minimum atomic E-state index is 0.102. The van der Waals surface area contributed by atoms with Crippen LogP contribution in [0, 0.1) is 0 Å². The highest BCUT2D eigenvalue weighted by Gasteiger charge is 2.04. The minimum absolute atomic E-state index is 0.102.